The molecule has 1 aliphatic rings. The molecule has 1 fully saturated rings. The molecule has 0 saturated heterocycles. The average molecular weight is 384 g/mol. The minimum atomic E-state index is -0.107. The van der Waals surface area contributed by atoms with E-state index >= 15 is 0 Å². The molecule has 0 bridgehead atoms. The standard InChI is InChI=1S/C17H16N6OS2/c24-17-21-8-2-1-5-14(21)20-22(17)9-11-26-16-19-18-15(13-4-3-10-25-13)23(16)12-6-7-12/h1-5,8,10,12H,6-7,9,11H2. The van der Waals surface area contributed by atoms with E-state index in [2.05, 4.69) is 31.3 Å². The van der Waals surface area contributed by atoms with Gasteiger partial charge in [0, 0.05) is 18.0 Å². The molecule has 0 aromatic carbocycles. The van der Waals surface area contributed by atoms with E-state index in [1.54, 1.807) is 33.7 Å². The van der Waals surface area contributed by atoms with E-state index in [1.165, 1.54) is 17.5 Å². The topological polar surface area (TPSA) is 70.0 Å². The summed E-state index contributed by atoms with van der Waals surface area (Å²) in [4.78, 5) is 13.5. The smallest absolute Gasteiger partial charge is 0.298 e. The quantitative estimate of drug-likeness (QED) is 0.478. The minimum Gasteiger partial charge on any atom is -0.298 e. The van der Waals surface area contributed by atoms with Crippen molar-refractivity contribution in [3.63, 3.8) is 0 Å². The lowest BCUT2D eigenvalue weighted by atomic mass is 10.4. The molecular formula is C17H16N6OS2. The third kappa shape index (κ3) is 2.77. The number of aromatic nitrogens is 6. The van der Waals surface area contributed by atoms with Crippen LogP contribution in [0.3, 0.4) is 0 Å². The van der Waals surface area contributed by atoms with Crippen LogP contribution in [0.2, 0.25) is 0 Å². The summed E-state index contributed by atoms with van der Waals surface area (Å²) in [5, 5.41) is 16.2. The Morgan fingerprint density at radius 2 is 2.12 bits per heavy atom. The lowest BCUT2D eigenvalue weighted by Crippen LogP contribution is -2.22. The van der Waals surface area contributed by atoms with Crippen LogP contribution in [-0.2, 0) is 6.54 Å². The Bertz CT molecular complexity index is 1110. The van der Waals surface area contributed by atoms with Gasteiger partial charge in [-0.3, -0.25) is 8.97 Å². The van der Waals surface area contributed by atoms with Crippen molar-refractivity contribution < 1.29 is 0 Å². The predicted octanol–water partition coefficient (Wildman–Crippen LogP) is 2.94. The molecule has 9 heteroatoms. The number of thiophene rings is 1. The van der Waals surface area contributed by atoms with Crippen LogP contribution in [0.1, 0.15) is 18.9 Å². The van der Waals surface area contributed by atoms with Crippen LogP contribution >= 0.6 is 23.1 Å². The number of fused-ring (bicyclic) bond motifs is 1. The first-order chi connectivity index (χ1) is 12.8. The summed E-state index contributed by atoms with van der Waals surface area (Å²) in [6.07, 6.45) is 4.09. The van der Waals surface area contributed by atoms with Crippen molar-refractivity contribution in [2.45, 2.75) is 30.6 Å². The summed E-state index contributed by atoms with van der Waals surface area (Å²) in [6, 6.07) is 10.2. The van der Waals surface area contributed by atoms with E-state index in [-0.39, 0.29) is 5.69 Å². The molecule has 4 heterocycles. The molecule has 0 unspecified atom stereocenters. The molecule has 7 nitrogen and oxygen atoms in total. The summed E-state index contributed by atoms with van der Waals surface area (Å²) in [5.41, 5.74) is 0.563. The predicted molar refractivity (Wildman–Crippen MR) is 102 cm³/mol. The Labute approximate surface area is 157 Å². The normalized spacial score (nSPS) is 14.3. The molecule has 5 rings (SSSR count). The summed E-state index contributed by atoms with van der Waals surface area (Å²) in [7, 11) is 0. The van der Waals surface area contributed by atoms with Gasteiger partial charge < -0.3 is 0 Å². The van der Waals surface area contributed by atoms with Crippen LogP contribution in [0.25, 0.3) is 16.3 Å². The Balaban J connectivity index is 1.35. The average Bonchev–Trinajstić information content (AvgIpc) is 3.07. The highest BCUT2D eigenvalue weighted by Crippen LogP contribution is 2.41. The van der Waals surface area contributed by atoms with Gasteiger partial charge >= 0.3 is 5.69 Å². The van der Waals surface area contributed by atoms with E-state index in [4.69, 9.17) is 0 Å². The first kappa shape index (κ1) is 15.8. The zero-order valence-electron chi connectivity index (χ0n) is 13.9. The van der Waals surface area contributed by atoms with Crippen LogP contribution in [-0.4, -0.2) is 34.7 Å². The number of thioether (sulfide) groups is 1. The lowest BCUT2D eigenvalue weighted by Gasteiger charge is -2.07. The van der Waals surface area contributed by atoms with E-state index in [1.807, 2.05) is 24.3 Å². The van der Waals surface area contributed by atoms with Gasteiger partial charge in [-0.25, -0.2) is 9.48 Å². The molecule has 4 aromatic rings. The van der Waals surface area contributed by atoms with Gasteiger partial charge in [0.2, 0.25) is 0 Å². The Morgan fingerprint density at radius 3 is 2.88 bits per heavy atom. The zero-order chi connectivity index (χ0) is 17.5. The second kappa shape index (κ2) is 6.40. The number of aryl methyl sites for hydroxylation is 1. The molecular weight excluding hydrogens is 368 g/mol. The molecule has 0 atom stereocenters. The fourth-order valence-corrected chi connectivity index (χ4v) is 4.57. The lowest BCUT2D eigenvalue weighted by molar-refractivity contribution is 0.635. The molecule has 0 aliphatic heterocycles. The fourth-order valence-electron chi connectivity index (χ4n) is 2.95. The van der Waals surface area contributed by atoms with Gasteiger partial charge in [0.25, 0.3) is 0 Å². The van der Waals surface area contributed by atoms with Crippen molar-refractivity contribution >= 4 is 28.7 Å². The summed E-state index contributed by atoms with van der Waals surface area (Å²) < 4.78 is 5.33. The first-order valence-electron chi connectivity index (χ1n) is 8.47. The van der Waals surface area contributed by atoms with Gasteiger partial charge in [-0.05, 0) is 36.4 Å². The molecule has 26 heavy (non-hydrogen) atoms. The number of hydrogen-bond acceptors (Lipinski definition) is 6. The summed E-state index contributed by atoms with van der Waals surface area (Å²) in [5.74, 6) is 1.67. The summed E-state index contributed by atoms with van der Waals surface area (Å²) in [6.45, 7) is 0.539. The van der Waals surface area contributed by atoms with E-state index in [9.17, 15) is 4.79 Å². The maximum Gasteiger partial charge on any atom is 0.350 e. The molecule has 132 valence electrons. The highest BCUT2D eigenvalue weighted by molar-refractivity contribution is 7.99. The van der Waals surface area contributed by atoms with Crippen LogP contribution in [0, 0.1) is 0 Å². The number of pyridine rings is 1. The SMILES string of the molecule is O=c1n(CCSc2nnc(-c3cccs3)n2C2CC2)nc2ccccn12. The van der Waals surface area contributed by atoms with Gasteiger partial charge in [0.1, 0.15) is 0 Å². The highest BCUT2D eigenvalue weighted by Gasteiger charge is 2.30. The van der Waals surface area contributed by atoms with Gasteiger partial charge in [0.05, 0.1) is 11.4 Å². The van der Waals surface area contributed by atoms with Gasteiger partial charge in [-0.2, -0.15) is 0 Å². The monoisotopic (exact) mass is 384 g/mol. The Kier molecular flexibility index (Phi) is 3.90. The molecule has 1 aliphatic carbocycles. The van der Waals surface area contributed by atoms with Crippen LogP contribution in [0.15, 0.2) is 51.9 Å². The van der Waals surface area contributed by atoms with Gasteiger partial charge in [-0.1, -0.05) is 23.9 Å². The maximum atomic E-state index is 12.3. The highest BCUT2D eigenvalue weighted by atomic mass is 32.2. The van der Waals surface area contributed by atoms with Crippen LogP contribution in [0.4, 0.5) is 0 Å². The molecule has 0 amide bonds. The van der Waals surface area contributed by atoms with Crippen molar-refractivity contribution in [2.75, 3.05) is 5.75 Å². The zero-order valence-corrected chi connectivity index (χ0v) is 15.5. The fraction of sp³-hybridized carbons (Fsp3) is 0.294. The van der Waals surface area contributed by atoms with Gasteiger partial charge in [-0.15, -0.1) is 26.6 Å². The maximum absolute atomic E-state index is 12.3. The van der Waals surface area contributed by atoms with Crippen molar-refractivity contribution in [1.82, 2.24) is 28.9 Å². The third-order valence-corrected chi connectivity index (χ3v) is 6.13. The molecule has 4 aromatic heterocycles. The van der Waals surface area contributed by atoms with Crippen molar-refractivity contribution in [2.24, 2.45) is 0 Å². The number of nitrogens with zero attached hydrogens (tertiary/aromatic N) is 6. The van der Waals surface area contributed by atoms with E-state index in [0.29, 0.717) is 18.2 Å². The molecule has 0 radical (unpaired) electrons. The molecule has 1 saturated carbocycles. The number of rotatable bonds is 6. The number of hydrogen-bond donors (Lipinski definition) is 0. The van der Waals surface area contributed by atoms with Crippen molar-refractivity contribution in [1.29, 1.82) is 0 Å². The summed E-state index contributed by atoms with van der Waals surface area (Å²) >= 11 is 3.31. The molecule has 0 spiro atoms. The minimum absolute atomic E-state index is 0.107. The van der Waals surface area contributed by atoms with E-state index < -0.39 is 0 Å². The molecule has 0 N–H and O–H groups in total. The van der Waals surface area contributed by atoms with Crippen molar-refractivity contribution in [3.8, 4) is 10.7 Å². The van der Waals surface area contributed by atoms with E-state index in [0.717, 1.165) is 21.6 Å². The van der Waals surface area contributed by atoms with Crippen LogP contribution in [0.5, 0.6) is 0 Å². The Hall–Kier alpha value is -2.39. The third-order valence-electron chi connectivity index (χ3n) is 4.34. The van der Waals surface area contributed by atoms with Crippen molar-refractivity contribution in [3.05, 3.63) is 52.4 Å². The second-order valence-corrected chi connectivity index (χ2v) is 8.18. The van der Waals surface area contributed by atoms with Gasteiger partial charge in [0.15, 0.2) is 16.6 Å². The largest absolute Gasteiger partial charge is 0.350 e. The van der Waals surface area contributed by atoms with Crippen LogP contribution < -0.4 is 5.69 Å². The Morgan fingerprint density at radius 1 is 1.19 bits per heavy atom. The first-order valence-corrected chi connectivity index (χ1v) is 10.3. The second-order valence-electron chi connectivity index (χ2n) is 6.17.